The van der Waals surface area contributed by atoms with Crippen LogP contribution in [0.5, 0.6) is 0 Å². The number of carbonyl (C=O) groups is 1. The lowest BCUT2D eigenvalue weighted by Crippen LogP contribution is -2.53. The molecule has 0 N–H and O–H groups in total. The fourth-order valence-electron chi connectivity index (χ4n) is 6.65. The van der Waals surface area contributed by atoms with Gasteiger partial charge in [-0.15, -0.1) is 0 Å². The normalized spacial score (nSPS) is 27.9. The molecule has 7 rings (SSSR count). The Morgan fingerprint density at radius 2 is 1.92 bits per heavy atom. The van der Waals surface area contributed by atoms with Crippen molar-refractivity contribution in [1.82, 2.24) is 29.4 Å². The monoisotopic (exact) mass is 520 g/mol. The van der Waals surface area contributed by atoms with Gasteiger partial charge in [-0.05, 0) is 39.0 Å². The summed E-state index contributed by atoms with van der Waals surface area (Å²) in [7, 11) is 0. The van der Waals surface area contributed by atoms with E-state index in [1.165, 1.54) is 0 Å². The first-order valence-electron chi connectivity index (χ1n) is 14.0. The van der Waals surface area contributed by atoms with Gasteiger partial charge in [-0.2, -0.15) is 14.9 Å². The molecule has 3 aromatic heterocycles. The zero-order valence-corrected chi connectivity index (χ0v) is 22.2. The standard InChI is InChI=1S/C27H36N8O3/c1-18-15-31(19(2)36)10-11-32(18)23-13-25(34-20-6-7-21(34)17-37-16-20)29-27-22(23)14-28-35(27)24-8-9-33(30-24)26-5-3-4-12-38-26/h8-9,13-14,18,20-21,26H,3-7,10-12,15-17H2,1-2H3/t18-,20?,21?,26?/m1/s1. The van der Waals surface area contributed by atoms with Crippen LogP contribution >= 0.6 is 0 Å². The van der Waals surface area contributed by atoms with E-state index < -0.39 is 0 Å². The van der Waals surface area contributed by atoms with Gasteiger partial charge in [0.15, 0.2) is 11.5 Å². The van der Waals surface area contributed by atoms with Crippen molar-refractivity contribution in [3.05, 3.63) is 24.5 Å². The molecule has 4 saturated heterocycles. The predicted octanol–water partition coefficient (Wildman–Crippen LogP) is 2.74. The Kier molecular flexibility index (Phi) is 6.00. The van der Waals surface area contributed by atoms with Crippen molar-refractivity contribution in [2.75, 3.05) is 49.3 Å². The fraction of sp³-hybridized carbons (Fsp3) is 0.630. The number of fused-ring (bicyclic) bond motifs is 3. The minimum atomic E-state index is -0.0270. The van der Waals surface area contributed by atoms with Gasteiger partial charge in [-0.1, -0.05) is 0 Å². The van der Waals surface area contributed by atoms with Crippen LogP contribution in [0.1, 0.15) is 52.2 Å². The minimum Gasteiger partial charge on any atom is -0.377 e. The van der Waals surface area contributed by atoms with Crippen molar-refractivity contribution in [3.63, 3.8) is 0 Å². The molecule has 0 radical (unpaired) electrons. The Labute approximate surface area is 222 Å². The van der Waals surface area contributed by atoms with Gasteiger partial charge >= 0.3 is 0 Å². The summed E-state index contributed by atoms with van der Waals surface area (Å²) in [5.41, 5.74) is 1.92. The van der Waals surface area contributed by atoms with Crippen molar-refractivity contribution in [2.24, 2.45) is 0 Å². The number of morpholine rings is 1. The smallest absolute Gasteiger partial charge is 0.219 e. The molecule has 0 saturated carbocycles. The van der Waals surface area contributed by atoms with Crippen molar-refractivity contribution in [2.45, 2.75) is 70.3 Å². The van der Waals surface area contributed by atoms with E-state index in [-0.39, 0.29) is 18.2 Å². The molecule has 7 heterocycles. The third-order valence-corrected chi connectivity index (χ3v) is 8.66. The molecule has 0 aliphatic carbocycles. The van der Waals surface area contributed by atoms with Crippen LogP contribution < -0.4 is 9.80 Å². The van der Waals surface area contributed by atoms with Crippen LogP contribution in [0.4, 0.5) is 11.5 Å². The maximum atomic E-state index is 12.1. The Hall–Kier alpha value is -3.18. The highest BCUT2D eigenvalue weighted by Crippen LogP contribution is 2.38. The lowest BCUT2D eigenvalue weighted by Gasteiger charge is -2.42. The van der Waals surface area contributed by atoms with Gasteiger partial charge in [-0.25, -0.2) is 9.67 Å². The molecule has 1 amide bonds. The van der Waals surface area contributed by atoms with Crippen molar-refractivity contribution in [1.29, 1.82) is 0 Å². The maximum absolute atomic E-state index is 12.1. The Bertz CT molecular complexity index is 1320. The molecule has 0 aromatic carbocycles. The lowest BCUT2D eigenvalue weighted by atomic mass is 10.1. The average Bonchev–Trinajstić information content (AvgIpc) is 3.64. The van der Waals surface area contributed by atoms with E-state index in [1.54, 1.807) is 6.92 Å². The number of nitrogens with zero attached hydrogens (tertiary/aromatic N) is 8. The molecule has 4 aliphatic rings. The predicted molar refractivity (Wildman–Crippen MR) is 143 cm³/mol. The number of anilines is 2. The SMILES string of the molecule is CC(=O)N1CCN(c2cc(N3C4CCC3COC4)nc3c2cnn3-c2ccn(C3CCCCO3)n2)[C@H](C)C1. The number of ether oxygens (including phenoxy) is 2. The minimum absolute atomic E-state index is 0.0270. The summed E-state index contributed by atoms with van der Waals surface area (Å²) in [4.78, 5) is 24.1. The van der Waals surface area contributed by atoms with Crippen LogP contribution in [-0.2, 0) is 14.3 Å². The van der Waals surface area contributed by atoms with Crippen LogP contribution in [0.25, 0.3) is 16.9 Å². The highest BCUT2D eigenvalue weighted by Gasteiger charge is 2.39. The number of hydrogen-bond donors (Lipinski definition) is 0. The molecule has 202 valence electrons. The molecular weight excluding hydrogens is 484 g/mol. The third kappa shape index (κ3) is 4.03. The maximum Gasteiger partial charge on any atom is 0.219 e. The number of pyridine rings is 1. The Morgan fingerprint density at radius 3 is 2.66 bits per heavy atom. The molecule has 3 aromatic rings. The molecule has 3 unspecified atom stereocenters. The quantitative estimate of drug-likeness (QED) is 0.519. The van der Waals surface area contributed by atoms with Crippen molar-refractivity contribution in [3.8, 4) is 5.82 Å². The molecule has 4 fully saturated rings. The second-order valence-corrected chi connectivity index (χ2v) is 11.1. The first kappa shape index (κ1) is 23.9. The van der Waals surface area contributed by atoms with Crippen molar-refractivity contribution >= 4 is 28.4 Å². The number of piperazine rings is 1. The average molecular weight is 521 g/mol. The summed E-state index contributed by atoms with van der Waals surface area (Å²) in [6, 6.07) is 5.10. The zero-order chi connectivity index (χ0) is 25.8. The number of carbonyl (C=O) groups excluding carboxylic acids is 1. The van der Waals surface area contributed by atoms with E-state index >= 15 is 0 Å². The van der Waals surface area contributed by atoms with Crippen LogP contribution in [0, 0.1) is 0 Å². The van der Waals surface area contributed by atoms with Gasteiger partial charge in [-0.3, -0.25) is 4.79 Å². The summed E-state index contributed by atoms with van der Waals surface area (Å²) in [6.45, 7) is 8.29. The largest absolute Gasteiger partial charge is 0.377 e. The molecule has 4 aliphatic heterocycles. The van der Waals surface area contributed by atoms with Crippen LogP contribution in [0.15, 0.2) is 24.5 Å². The van der Waals surface area contributed by atoms with Gasteiger partial charge in [0.1, 0.15) is 12.0 Å². The second-order valence-electron chi connectivity index (χ2n) is 11.1. The zero-order valence-electron chi connectivity index (χ0n) is 22.2. The van der Waals surface area contributed by atoms with Crippen LogP contribution in [-0.4, -0.2) is 92.9 Å². The Morgan fingerprint density at radius 1 is 1.08 bits per heavy atom. The summed E-state index contributed by atoms with van der Waals surface area (Å²) < 4.78 is 15.6. The van der Waals surface area contributed by atoms with Crippen LogP contribution in [0.2, 0.25) is 0 Å². The lowest BCUT2D eigenvalue weighted by molar-refractivity contribution is -0.129. The number of amides is 1. The number of aromatic nitrogens is 5. The van der Waals surface area contributed by atoms with E-state index in [2.05, 4.69) is 22.8 Å². The molecule has 0 spiro atoms. The highest BCUT2D eigenvalue weighted by molar-refractivity contribution is 5.92. The van der Waals surface area contributed by atoms with E-state index in [0.29, 0.717) is 25.2 Å². The molecule has 4 atom stereocenters. The van der Waals surface area contributed by atoms with Gasteiger partial charge in [0.25, 0.3) is 0 Å². The molecule has 38 heavy (non-hydrogen) atoms. The van der Waals surface area contributed by atoms with E-state index in [4.69, 9.17) is 24.7 Å². The van der Waals surface area contributed by atoms with Crippen molar-refractivity contribution < 1.29 is 14.3 Å². The summed E-state index contributed by atoms with van der Waals surface area (Å²) in [6.07, 6.45) is 9.34. The second kappa shape index (κ2) is 9.53. The molecule has 11 nitrogen and oxygen atoms in total. The van der Waals surface area contributed by atoms with Gasteiger partial charge in [0.05, 0.1) is 42.6 Å². The van der Waals surface area contributed by atoms with Gasteiger partial charge < -0.3 is 24.2 Å². The topological polar surface area (TPSA) is 93.8 Å². The third-order valence-electron chi connectivity index (χ3n) is 8.66. The van der Waals surface area contributed by atoms with E-state index in [1.807, 2.05) is 32.7 Å². The molecule has 11 heteroatoms. The summed E-state index contributed by atoms with van der Waals surface area (Å²) in [5.74, 6) is 1.85. The first-order valence-corrected chi connectivity index (χ1v) is 14.0. The van der Waals surface area contributed by atoms with E-state index in [9.17, 15) is 4.79 Å². The summed E-state index contributed by atoms with van der Waals surface area (Å²) >= 11 is 0. The molecule has 2 bridgehead atoms. The van der Waals surface area contributed by atoms with Crippen LogP contribution in [0.3, 0.4) is 0 Å². The van der Waals surface area contributed by atoms with Gasteiger partial charge in [0, 0.05) is 57.5 Å². The number of rotatable bonds is 4. The van der Waals surface area contributed by atoms with E-state index in [0.717, 1.165) is 86.8 Å². The van der Waals surface area contributed by atoms with Gasteiger partial charge in [0.2, 0.25) is 5.91 Å². The summed E-state index contributed by atoms with van der Waals surface area (Å²) in [5, 5.41) is 10.6. The fourth-order valence-corrected chi connectivity index (χ4v) is 6.65. The number of hydrogen-bond acceptors (Lipinski definition) is 8. The Balaban J connectivity index is 1.31. The first-order chi connectivity index (χ1) is 18.6. The highest BCUT2D eigenvalue weighted by atomic mass is 16.5. The molecular formula is C27H36N8O3.